The van der Waals surface area contributed by atoms with Crippen LogP contribution in [0, 0.1) is 0 Å². The van der Waals surface area contributed by atoms with Crippen molar-refractivity contribution < 1.29 is 4.79 Å². The van der Waals surface area contributed by atoms with Crippen molar-refractivity contribution in [2.75, 3.05) is 0 Å². The molecule has 1 amide bonds. The van der Waals surface area contributed by atoms with Gasteiger partial charge in [-0.05, 0) is 43.2 Å². The zero-order chi connectivity index (χ0) is 14.7. The number of benzene rings is 1. The molecular weight excluding hydrogens is 260 g/mol. The Balaban J connectivity index is 1.54. The fraction of sp³-hybridized carbons (Fsp3) is 0.611. The minimum atomic E-state index is -0.115. The first kappa shape index (κ1) is 14.6. The second-order valence-corrected chi connectivity index (χ2v) is 6.72. The van der Waals surface area contributed by atoms with Crippen molar-refractivity contribution in [3.63, 3.8) is 0 Å². The summed E-state index contributed by atoms with van der Waals surface area (Å²) in [6, 6.07) is 8.75. The van der Waals surface area contributed by atoms with Gasteiger partial charge in [0.15, 0.2) is 0 Å². The molecule has 21 heavy (non-hydrogen) atoms. The second kappa shape index (κ2) is 6.18. The van der Waals surface area contributed by atoms with E-state index in [0.29, 0.717) is 12.5 Å². The molecule has 3 nitrogen and oxygen atoms in total. The van der Waals surface area contributed by atoms with E-state index in [-0.39, 0.29) is 11.4 Å². The summed E-state index contributed by atoms with van der Waals surface area (Å²) in [7, 11) is 0. The maximum Gasteiger partial charge on any atom is 0.220 e. The van der Waals surface area contributed by atoms with Gasteiger partial charge in [0, 0.05) is 18.0 Å². The van der Waals surface area contributed by atoms with Crippen LogP contribution in [0.3, 0.4) is 0 Å². The van der Waals surface area contributed by atoms with Gasteiger partial charge < -0.3 is 11.1 Å². The van der Waals surface area contributed by atoms with Gasteiger partial charge in [-0.3, -0.25) is 4.79 Å². The molecule has 2 saturated carbocycles. The van der Waals surface area contributed by atoms with E-state index in [1.807, 2.05) is 12.1 Å². The minimum absolute atomic E-state index is 0.115. The lowest BCUT2D eigenvalue weighted by Gasteiger charge is -2.23. The van der Waals surface area contributed by atoms with E-state index in [4.69, 9.17) is 5.73 Å². The van der Waals surface area contributed by atoms with Crippen LogP contribution in [0.25, 0.3) is 0 Å². The summed E-state index contributed by atoms with van der Waals surface area (Å²) < 4.78 is 0. The lowest BCUT2D eigenvalue weighted by atomic mass is 9.94. The molecule has 114 valence electrons. The summed E-state index contributed by atoms with van der Waals surface area (Å²) in [5.41, 5.74) is 8.70. The minimum Gasteiger partial charge on any atom is -0.353 e. The summed E-state index contributed by atoms with van der Waals surface area (Å²) in [4.78, 5) is 12.1. The Morgan fingerprint density at radius 3 is 2.62 bits per heavy atom. The number of amides is 1. The number of carbonyl (C=O) groups excluding carboxylic acids is 1. The Morgan fingerprint density at radius 1 is 1.19 bits per heavy atom. The zero-order valence-electron chi connectivity index (χ0n) is 12.7. The first-order chi connectivity index (χ1) is 10.2. The molecule has 3 N–H and O–H groups in total. The molecule has 3 heteroatoms. The fourth-order valence-corrected chi connectivity index (χ4v) is 3.42. The zero-order valence-corrected chi connectivity index (χ0v) is 12.7. The van der Waals surface area contributed by atoms with Gasteiger partial charge in [-0.1, -0.05) is 43.5 Å². The van der Waals surface area contributed by atoms with Crippen molar-refractivity contribution in [2.45, 2.75) is 69.4 Å². The van der Waals surface area contributed by atoms with E-state index in [2.05, 4.69) is 17.4 Å². The molecule has 1 aromatic rings. The van der Waals surface area contributed by atoms with Gasteiger partial charge >= 0.3 is 0 Å². The van der Waals surface area contributed by atoms with Crippen LogP contribution in [0.4, 0.5) is 0 Å². The van der Waals surface area contributed by atoms with Gasteiger partial charge in [-0.25, -0.2) is 0 Å². The molecule has 0 bridgehead atoms. The van der Waals surface area contributed by atoms with Gasteiger partial charge in [-0.2, -0.15) is 0 Å². The summed E-state index contributed by atoms with van der Waals surface area (Å²) in [5, 5.41) is 3.19. The Morgan fingerprint density at radius 2 is 1.90 bits per heavy atom. The Bertz CT molecular complexity index is 502. The van der Waals surface area contributed by atoms with Gasteiger partial charge in [0.05, 0.1) is 0 Å². The van der Waals surface area contributed by atoms with Crippen molar-refractivity contribution in [1.29, 1.82) is 0 Å². The third kappa shape index (κ3) is 3.65. The molecule has 2 aliphatic rings. The van der Waals surface area contributed by atoms with E-state index in [1.165, 1.54) is 30.4 Å². The monoisotopic (exact) mass is 286 g/mol. The first-order valence-corrected chi connectivity index (χ1v) is 8.34. The number of rotatable bonds is 5. The van der Waals surface area contributed by atoms with Gasteiger partial charge in [0.1, 0.15) is 0 Å². The molecule has 2 aliphatic carbocycles. The Kier molecular flexibility index (Phi) is 4.29. The van der Waals surface area contributed by atoms with Crippen LogP contribution < -0.4 is 11.1 Å². The van der Waals surface area contributed by atoms with Crippen molar-refractivity contribution in [3.05, 3.63) is 35.4 Å². The summed E-state index contributed by atoms with van der Waals surface area (Å²) >= 11 is 0. The molecule has 0 aliphatic heterocycles. The van der Waals surface area contributed by atoms with Gasteiger partial charge in [-0.15, -0.1) is 0 Å². The van der Waals surface area contributed by atoms with Crippen LogP contribution in [0.2, 0.25) is 0 Å². The Labute approximate surface area is 127 Å². The van der Waals surface area contributed by atoms with Crippen LogP contribution >= 0.6 is 0 Å². The van der Waals surface area contributed by atoms with Crippen molar-refractivity contribution >= 4 is 5.91 Å². The Hall–Kier alpha value is -1.35. The summed E-state index contributed by atoms with van der Waals surface area (Å²) in [6.45, 7) is 0. The van der Waals surface area contributed by atoms with E-state index in [1.54, 1.807) is 0 Å². The largest absolute Gasteiger partial charge is 0.353 e. The van der Waals surface area contributed by atoms with E-state index in [0.717, 1.165) is 32.1 Å². The summed E-state index contributed by atoms with van der Waals surface area (Å²) in [5.74, 6) is 0.193. The van der Waals surface area contributed by atoms with E-state index < -0.39 is 0 Å². The molecule has 0 radical (unpaired) electrons. The predicted octanol–water partition coefficient (Wildman–Crippen LogP) is 3.02. The number of nitrogens with two attached hydrogens (primary N) is 1. The van der Waals surface area contributed by atoms with Crippen LogP contribution in [0.5, 0.6) is 0 Å². The second-order valence-electron chi connectivity index (χ2n) is 6.72. The molecule has 0 unspecified atom stereocenters. The highest BCUT2D eigenvalue weighted by Gasteiger charge is 2.41. The molecule has 0 spiro atoms. The third-order valence-corrected chi connectivity index (χ3v) is 4.93. The highest BCUT2D eigenvalue weighted by molar-refractivity contribution is 5.76. The van der Waals surface area contributed by atoms with E-state index >= 15 is 0 Å². The first-order valence-electron chi connectivity index (χ1n) is 8.34. The van der Waals surface area contributed by atoms with Gasteiger partial charge in [0.25, 0.3) is 0 Å². The molecule has 0 aromatic heterocycles. The number of aryl methyl sites for hydroxylation is 1. The van der Waals surface area contributed by atoms with Crippen LogP contribution in [0.1, 0.15) is 62.5 Å². The van der Waals surface area contributed by atoms with Gasteiger partial charge in [0.2, 0.25) is 5.91 Å². The number of carbonyl (C=O) groups is 1. The summed E-state index contributed by atoms with van der Waals surface area (Å²) in [6.07, 6.45) is 9.63. The molecule has 3 rings (SSSR count). The van der Waals surface area contributed by atoms with E-state index in [9.17, 15) is 4.79 Å². The molecular formula is C18H26N2O. The molecule has 0 atom stereocenters. The predicted molar refractivity (Wildman–Crippen MR) is 84.9 cm³/mol. The van der Waals surface area contributed by atoms with Crippen molar-refractivity contribution in [2.24, 2.45) is 5.73 Å². The lowest BCUT2D eigenvalue weighted by Crippen LogP contribution is -2.36. The molecule has 1 aromatic carbocycles. The number of hydrogen-bond donors (Lipinski definition) is 2. The number of nitrogens with one attached hydrogen (secondary N) is 1. The standard InChI is InChI=1S/C18H26N2O/c19-18(12-13-18)16-9-5-4-6-14(16)10-11-17(21)20-15-7-2-1-3-8-15/h4-6,9,15H,1-3,7-8,10-13,19H2,(H,20,21). The average molecular weight is 286 g/mol. The van der Waals surface area contributed by atoms with Crippen LogP contribution in [-0.4, -0.2) is 11.9 Å². The normalized spacial score (nSPS) is 21.0. The molecule has 0 saturated heterocycles. The topological polar surface area (TPSA) is 55.1 Å². The molecule has 2 fully saturated rings. The highest BCUT2D eigenvalue weighted by Crippen LogP contribution is 2.44. The van der Waals surface area contributed by atoms with Crippen molar-refractivity contribution in [1.82, 2.24) is 5.32 Å². The van der Waals surface area contributed by atoms with Crippen LogP contribution in [-0.2, 0) is 16.8 Å². The smallest absolute Gasteiger partial charge is 0.220 e. The maximum absolute atomic E-state index is 12.1. The SMILES string of the molecule is NC1(c2ccccc2CCC(=O)NC2CCCCC2)CC1. The van der Waals surface area contributed by atoms with Crippen molar-refractivity contribution in [3.8, 4) is 0 Å². The molecule has 0 heterocycles. The fourth-order valence-electron chi connectivity index (χ4n) is 3.42. The number of hydrogen-bond acceptors (Lipinski definition) is 2. The maximum atomic E-state index is 12.1. The average Bonchev–Trinajstić information content (AvgIpc) is 3.25. The third-order valence-electron chi connectivity index (χ3n) is 4.93. The quantitative estimate of drug-likeness (QED) is 0.874. The lowest BCUT2D eigenvalue weighted by molar-refractivity contribution is -0.121. The van der Waals surface area contributed by atoms with Crippen LogP contribution in [0.15, 0.2) is 24.3 Å². The highest BCUT2D eigenvalue weighted by atomic mass is 16.1.